The van der Waals surface area contributed by atoms with Crippen molar-refractivity contribution in [2.45, 2.75) is 45.7 Å². The maximum Gasteiger partial charge on any atom is 0.157 e. The monoisotopic (exact) mass is 269 g/mol. The summed E-state index contributed by atoms with van der Waals surface area (Å²) in [5.74, 6) is 1.15. The van der Waals surface area contributed by atoms with Crippen molar-refractivity contribution in [3.8, 4) is 0 Å². The third-order valence-electron chi connectivity index (χ3n) is 2.72. The molecule has 17 heavy (non-hydrogen) atoms. The van der Waals surface area contributed by atoms with Crippen LogP contribution in [0.25, 0.3) is 0 Å². The minimum Gasteiger partial charge on any atom is -0.360 e. The van der Waals surface area contributed by atoms with Crippen LogP contribution in [-0.2, 0) is 13.0 Å². The molecule has 0 atom stereocenters. The van der Waals surface area contributed by atoms with Crippen LogP contribution in [0.15, 0.2) is 11.2 Å². The molecule has 5 heteroatoms. The lowest BCUT2D eigenvalue weighted by Crippen LogP contribution is -2.46. The number of hydrogen-bond donors (Lipinski definition) is 1. The summed E-state index contributed by atoms with van der Waals surface area (Å²) in [5, 5.41) is 5.65. The van der Waals surface area contributed by atoms with Crippen LogP contribution in [0.5, 0.6) is 0 Å². The zero-order chi connectivity index (χ0) is 12.3. The van der Waals surface area contributed by atoms with Gasteiger partial charge in [0.15, 0.2) is 5.17 Å². The Morgan fingerprint density at radius 1 is 1.53 bits per heavy atom. The first-order valence-corrected chi connectivity index (χ1v) is 7.78. The van der Waals surface area contributed by atoms with Crippen LogP contribution in [0.2, 0.25) is 0 Å². The Hall–Kier alpha value is -0.550. The van der Waals surface area contributed by atoms with Gasteiger partial charge in [0.25, 0.3) is 0 Å². The Kier molecular flexibility index (Phi) is 4.09. The van der Waals surface area contributed by atoms with Gasteiger partial charge in [-0.3, -0.25) is 4.99 Å². The van der Waals surface area contributed by atoms with Crippen LogP contribution in [0.1, 0.15) is 37.1 Å². The summed E-state index contributed by atoms with van der Waals surface area (Å²) in [6.07, 6.45) is 4.22. The van der Waals surface area contributed by atoms with Gasteiger partial charge in [-0.1, -0.05) is 18.7 Å². The Balaban J connectivity index is 1.95. The summed E-state index contributed by atoms with van der Waals surface area (Å²) < 4.78 is 0. The first-order chi connectivity index (χ1) is 8.09. The highest BCUT2D eigenvalue weighted by molar-refractivity contribution is 8.13. The van der Waals surface area contributed by atoms with Gasteiger partial charge >= 0.3 is 0 Å². The third kappa shape index (κ3) is 3.71. The zero-order valence-corrected chi connectivity index (χ0v) is 12.2. The van der Waals surface area contributed by atoms with E-state index in [-0.39, 0.29) is 5.54 Å². The largest absolute Gasteiger partial charge is 0.360 e. The molecule has 0 saturated carbocycles. The molecule has 1 N–H and O–H groups in total. The normalized spacial score (nSPS) is 21.5. The standard InChI is InChI=1S/C12H19N3S2/c1-4-9-7-13-10(17-9)8-14-11-15-12(2,3)5-6-16-11/h7H,4-6,8H2,1-3H3,(H,14,15). The molecule has 1 aromatic rings. The van der Waals surface area contributed by atoms with E-state index in [2.05, 4.69) is 36.1 Å². The molecule has 0 radical (unpaired) electrons. The Bertz CT molecular complexity index is 410. The summed E-state index contributed by atoms with van der Waals surface area (Å²) in [7, 11) is 0. The van der Waals surface area contributed by atoms with E-state index in [0.29, 0.717) is 6.54 Å². The number of hydrogen-bond acceptors (Lipinski definition) is 4. The van der Waals surface area contributed by atoms with E-state index in [1.165, 1.54) is 11.3 Å². The molecule has 0 bridgehead atoms. The van der Waals surface area contributed by atoms with Crippen molar-refractivity contribution in [1.82, 2.24) is 10.3 Å². The third-order valence-corrected chi connectivity index (χ3v) is 4.76. The highest BCUT2D eigenvalue weighted by atomic mass is 32.2. The molecular formula is C12H19N3S2. The highest BCUT2D eigenvalue weighted by Gasteiger charge is 2.23. The fraction of sp³-hybridized carbons (Fsp3) is 0.667. The second-order valence-corrected chi connectivity index (χ2v) is 7.09. The molecular weight excluding hydrogens is 250 g/mol. The summed E-state index contributed by atoms with van der Waals surface area (Å²) in [6.45, 7) is 7.31. The average molecular weight is 269 g/mol. The van der Waals surface area contributed by atoms with E-state index >= 15 is 0 Å². The molecule has 1 saturated heterocycles. The van der Waals surface area contributed by atoms with Crippen LogP contribution >= 0.6 is 23.1 Å². The Morgan fingerprint density at radius 2 is 2.35 bits per heavy atom. The quantitative estimate of drug-likeness (QED) is 0.916. The van der Waals surface area contributed by atoms with Gasteiger partial charge in [-0.15, -0.1) is 11.3 Å². The molecule has 0 aliphatic carbocycles. The lowest BCUT2D eigenvalue weighted by atomic mass is 10.0. The van der Waals surface area contributed by atoms with E-state index in [1.54, 1.807) is 11.3 Å². The summed E-state index contributed by atoms with van der Waals surface area (Å²) in [4.78, 5) is 10.3. The van der Waals surface area contributed by atoms with Crippen molar-refractivity contribution in [3.63, 3.8) is 0 Å². The van der Waals surface area contributed by atoms with Crippen LogP contribution in [-0.4, -0.2) is 21.4 Å². The first-order valence-electron chi connectivity index (χ1n) is 5.98. The van der Waals surface area contributed by atoms with Crippen molar-refractivity contribution < 1.29 is 0 Å². The topological polar surface area (TPSA) is 37.3 Å². The lowest BCUT2D eigenvalue weighted by molar-refractivity contribution is 0.446. The number of aliphatic imine (C=N–C) groups is 1. The molecule has 3 nitrogen and oxygen atoms in total. The second-order valence-electron chi connectivity index (χ2n) is 4.80. The van der Waals surface area contributed by atoms with Crippen LogP contribution in [0.4, 0.5) is 0 Å². The second kappa shape index (κ2) is 5.40. The van der Waals surface area contributed by atoms with E-state index in [0.717, 1.165) is 22.3 Å². The van der Waals surface area contributed by atoms with Crippen LogP contribution in [0, 0.1) is 0 Å². The van der Waals surface area contributed by atoms with Gasteiger partial charge in [0.1, 0.15) is 5.01 Å². The lowest BCUT2D eigenvalue weighted by Gasteiger charge is -2.32. The maximum atomic E-state index is 4.61. The van der Waals surface area contributed by atoms with Crippen molar-refractivity contribution in [2.75, 3.05) is 5.75 Å². The predicted octanol–water partition coefficient (Wildman–Crippen LogP) is 3.07. The van der Waals surface area contributed by atoms with Crippen molar-refractivity contribution in [3.05, 3.63) is 16.1 Å². The summed E-state index contributed by atoms with van der Waals surface area (Å²) in [6, 6.07) is 0. The molecule has 0 aromatic carbocycles. The number of aryl methyl sites for hydroxylation is 1. The van der Waals surface area contributed by atoms with Crippen molar-refractivity contribution >= 4 is 28.3 Å². The molecule has 1 aliphatic heterocycles. The van der Waals surface area contributed by atoms with E-state index in [9.17, 15) is 0 Å². The number of nitrogens with one attached hydrogen (secondary N) is 1. The fourth-order valence-corrected chi connectivity index (χ4v) is 3.70. The predicted molar refractivity (Wildman–Crippen MR) is 76.9 cm³/mol. The van der Waals surface area contributed by atoms with Gasteiger partial charge in [0.2, 0.25) is 0 Å². The summed E-state index contributed by atoms with van der Waals surface area (Å²) in [5.41, 5.74) is 0.182. The smallest absolute Gasteiger partial charge is 0.157 e. The summed E-state index contributed by atoms with van der Waals surface area (Å²) >= 11 is 3.58. The molecule has 1 fully saturated rings. The number of aromatic nitrogens is 1. The number of rotatable bonds is 3. The molecule has 2 rings (SSSR count). The Morgan fingerprint density at radius 3 is 3.00 bits per heavy atom. The molecule has 94 valence electrons. The van der Waals surface area contributed by atoms with E-state index in [1.807, 2.05) is 18.0 Å². The molecule has 1 aromatic heterocycles. The minimum atomic E-state index is 0.182. The molecule has 2 heterocycles. The average Bonchev–Trinajstić information content (AvgIpc) is 2.73. The molecule has 0 amide bonds. The van der Waals surface area contributed by atoms with Gasteiger partial charge in [-0.05, 0) is 26.7 Å². The first kappa shape index (κ1) is 12.9. The van der Waals surface area contributed by atoms with Gasteiger partial charge in [-0.25, -0.2) is 4.98 Å². The highest BCUT2D eigenvalue weighted by Crippen LogP contribution is 2.22. The van der Waals surface area contributed by atoms with Crippen molar-refractivity contribution in [1.29, 1.82) is 0 Å². The van der Waals surface area contributed by atoms with Crippen LogP contribution in [0.3, 0.4) is 0 Å². The number of thiazole rings is 1. The number of thioether (sulfide) groups is 1. The Labute approximate surface area is 111 Å². The van der Waals surface area contributed by atoms with Gasteiger partial charge < -0.3 is 5.32 Å². The zero-order valence-electron chi connectivity index (χ0n) is 10.6. The molecule has 0 unspecified atom stereocenters. The van der Waals surface area contributed by atoms with E-state index in [4.69, 9.17) is 0 Å². The fourth-order valence-electron chi connectivity index (χ4n) is 1.60. The number of amidine groups is 1. The minimum absolute atomic E-state index is 0.182. The maximum absolute atomic E-state index is 4.61. The van der Waals surface area contributed by atoms with Crippen molar-refractivity contribution in [2.24, 2.45) is 4.99 Å². The van der Waals surface area contributed by atoms with Crippen LogP contribution < -0.4 is 5.32 Å². The van der Waals surface area contributed by atoms with Gasteiger partial charge in [0.05, 0.1) is 6.54 Å². The van der Waals surface area contributed by atoms with Gasteiger partial charge in [0, 0.05) is 22.4 Å². The van der Waals surface area contributed by atoms with E-state index < -0.39 is 0 Å². The molecule has 1 aliphatic rings. The number of nitrogens with zero attached hydrogens (tertiary/aromatic N) is 2. The SMILES string of the molecule is CCc1cnc(CN=C2NC(C)(C)CCS2)s1. The van der Waals surface area contributed by atoms with Gasteiger partial charge in [-0.2, -0.15) is 0 Å². The molecule has 0 spiro atoms.